The minimum atomic E-state index is -0.0153. The number of amides is 1. The Kier molecular flexibility index (Phi) is 4.52. The Morgan fingerprint density at radius 1 is 1.50 bits per heavy atom. The molecule has 0 atom stereocenters. The number of pyridine rings is 1. The van der Waals surface area contributed by atoms with Gasteiger partial charge in [-0.1, -0.05) is 6.92 Å². The van der Waals surface area contributed by atoms with Crippen LogP contribution in [-0.2, 0) is 4.74 Å². The molecule has 0 radical (unpaired) electrons. The Balaban J connectivity index is 2.04. The van der Waals surface area contributed by atoms with E-state index in [1.807, 2.05) is 12.1 Å². The summed E-state index contributed by atoms with van der Waals surface area (Å²) in [6, 6.07) is 3.69. The maximum atomic E-state index is 12.2. The summed E-state index contributed by atoms with van der Waals surface area (Å²) in [5.74, 6) is -0.0153. The smallest absolute Gasteiger partial charge is 0.272 e. The van der Waals surface area contributed by atoms with Crippen LogP contribution in [0.15, 0.2) is 18.3 Å². The van der Waals surface area contributed by atoms with Crippen LogP contribution in [0.3, 0.4) is 0 Å². The van der Waals surface area contributed by atoms with Crippen LogP contribution < -0.4 is 5.32 Å². The molecule has 0 bridgehead atoms. The molecule has 5 heteroatoms. The fraction of sp³-hybridized carbons (Fsp3) is 0.538. The first-order valence-electron chi connectivity index (χ1n) is 6.38. The van der Waals surface area contributed by atoms with Crippen LogP contribution in [0.1, 0.15) is 23.8 Å². The van der Waals surface area contributed by atoms with E-state index in [0.29, 0.717) is 32.0 Å². The van der Waals surface area contributed by atoms with Crippen molar-refractivity contribution in [3.8, 4) is 0 Å². The molecule has 1 fully saturated rings. The first-order valence-corrected chi connectivity index (χ1v) is 6.38. The first kappa shape index (κ1) is 12.8. The van der Waals surface area contributed by atoms with Crippen molar-refractivity contribution >= 4 is 11.6 Å². The van der Waals surface area contributed by atoms with Gasteiger partial charge in [-0.15, -0.1) is 0 Å². The summed E-state index contributed by atoms with van der Waals surface area (Å²) in [6.07, 6.45) is 2.72. The molecule has 1 amide bonds. The molecule has 0 aliphatic carbocycles. The van der Waals surface area contributed by atoms with Crippen LogP contribution in [0.4, 0.5) is 5.69 Å². The molecule has 2 heterocycles. The van der Waals surface area contributed by atoms with Gasteiger partial charge < -0.3 is 15.0 Å². The van der Waals surface area contributed by atoms with Crippen LogP contribution in [0.25, 0.3) is 0 Å². The number of hydrogen-bond acceptors (Lipinski definition) is 4. The van der Waals surface area contributed by atoms with Gasteiger partial charge in [0.1, 0.15) is 5.69 Å². The van der Waals surface area contributed by atoms with Crippen molar-refractivity contribution in [3.05, 3.63) is 24.0 Å². The predicted molar refractivity (Wildman–Crippen MR) is 69.7 cm³/mol. The average molecular weight is 249 g/mol. The van der Waals surface area contributed by atoms with Crippen LogP contribution in [-0.4, -0.2) is 48.6 Å². The van der Waals surface area contributed by atoms with E-state index < -0.39 is 0 Å². The van der Waals surface area contributed by atoms with E-state index in [2.05, 4.69) is 17.2 Å². The molecule has 0 saturated carbocycles. The number of hydrogen-bond donors (Lipinski definition) is 1. The molecule has 0 unspecified atom stereocenters. The molecule has 1 N–H and O–H groups in total. The topological polar surface area (TPSA) is 54.5 Å². The van der Waals surface area contributed by atoms with Gasteiger partial charge in [0, 0.05) is 31.5 Å². The van der Waals surface area contributed by atoms with Gasteiger partial charge in [0.25, 0.3) is 5.91 Å². The van der Waals surface area contributed by atoms with Gasteiger partial charge in [0.05, 0.1) is 13.2 Å². The second-order valence-electron chi connectivity index (χ2n) is 4.26. The summed E-state index contributed by atoms with van der Waals surface area (Å²) in [4.78, 5) is 18.1. The van der Waals surface area contributed by atoms with E-state index in [0.717, 1.165) is 18.7 Å². The predicted octanol–water partition coefficient (Wildman–Crippen LogP) is 1.38. The third-order valence-corrected chi connectivity index (χ3v) is 2.86. The van der Waals surface area contributed by atoms with Gasteiger partial charge in [-0.3, -0.25) is 9.78 Å². The molecule has 5 nitrogen and oxygen atoms in total. The summed E-state index contributed by atoms with van der Waals surface area (Å²) < 4.78 is 5.24. The monoisotopic (exact) mass is 249 g/mol. The molecular formula is C13H19N3O2. The van der Waals surface area contributed by atoms with E-state index >= 15 is 0 Å². The summed E-state index contributed by atoms with van der Waals surface area (Å²) in [7, 11) is 0. The minimum absolute atomic E-state index is 0.0153. The van der Waals surface area contributed by atoms with Gasteiger partial charge >= 0.3 is 0 Å². The van der Waals surface area contributed by atoms with E-state index in [1.54, 1.807) is 11.1 Å². The molecule has 98 valence electrons. The van der Waals surface area contributed by atoms with Gasteiger partial charge in [-0.2, -0.15) is 0 Å². The Bertz CT molecular complexity index is 403. The molecule has 1 saturated heterocycles. The molecule has 1 aliphatic heterocycles. The number of nitrogens with one attached hydrogen (secondary N) is 1. The number of ether oxygens (including phenoxy) is 1. The van der Waals surface area contributed by atoms with E-state index in [1.165, 1.54) is 0 Å². The minimum Gasteiger partial charge on any atom is -0.385 e. The Morgan fingerprint density at radius 3 is 3.00 bits per heavy atom. The highest BCUT2D eigenvalue weighted by atomic mass is 16.5. The number of carbonyl (C=O) groups is 1. The van der Waals surface area contributed by atoms with Crippen molar-refractivity contribution in [1.82, 2.24) is 9.88 Å². The number of nitrogens with zero attached hydrogens (tertiary/aromatic N) is 2. The highest BCUT2D eigenvalue weighted by molar-refractivity contribution is 5.93. The van der Waals surface area contributed by atoms with Crippen molar-refractivity contribution < 1.29 is 9.53 Å². The average Bonchev–Trinajstić information content (AvgIpc) is 2.45. The van der Waals surface area contributed by atoms with Crippen LogP contribution in [0.5, 0.6) is 0 Å². The lowest BCUT2D eigenvalue weighted by atomic mass is 10.2. The molecule has 0 spiro atoms. The second-order valence-corrected chi connectivity index (χ2v) is 4.26. The Hall–Kier alpha value is -1.62. The van der Waals surface area contributed by atoms with Gasteiger partial charge in [0.2, 0.25) is 0 Å². The van der Waals surface area contributed by atoms with Crippen molar-refractivity contribution in [2.75, 3.05) is 38.2 Å². The van der Waals surface area contributed by atoms with Gasteiger partial charge in [0.15, 0.2) is 0 Å². The van der Waals surface area contributed by atoms with Crippen LogP contribution in [0.2, 0.25) is 0 Å². The normalized spacial score (nSPS) is 15.5. The van der Waals surface area contributed by atoms with Gasteiger partial charge in [-0.25, -0.2) is 0 Å². The highest BCUT2D eigenvalue weighted by Gasteiger charge is 2.19. The summed E-state index contributed by atoms with van der Waals surface area (Å²) in [5, 5.41) is 3.26. The molecular weight excluding hydrogens is 230 g/mol. The quantitative estimate of drug-likeness (QED) is 0.875. The lowest BCUT2D eigenvalue weighted by molar-refractivity contribution is 0.0299. The molecule has 2 rings (SSSR count). The maximum Gasteiger partial charge on any atom is 0.272 e. The van der Waals surface area contributed by atoms with Gasteiger partial charge in [-0.05, 0) is 18.6 Å². The zero-order valence-electron chi connectivity index (χ0n) is 10.7. The fourth-order valence-electron chi connectivity index (χ4n) is 1.86. The SMILES string of the molecule is CCCNc1ccnc(C(=O)N2CCOCC2)c1. The maximum absolute atomic E-state index is 12.2. The Morgan fingerprint density at radius 2 is 2.28 bits per heavy atom. The van der Waals surface area contributed by atoms with E-state index in [-0.39, 0.29) is 5.91 Å². The molecule has 1 aromatic rings. The largest absolute Gasteiger partial charge is 0.385 e. The number of rotatable bonds is 4. The lowest BCUT2D eigenvalue weighted by Crippen LogP contribution is -2.41. The summed E-state index contributed by atoms with van der Waals surface area (Å²) in [6.45, 7) is 5.52. The van der Waals surface area contributed by atoms with E-state index in [9.17, 15) is 4.79 Å². The second kappa shape index (κ2) is 6.35. The van der Waals surface area contributed by atoms with Crippen LogP contribution >= 0.6 is 0 Å². The third kappa shape index (κ3) is 3.20. The van der Waals surface area contributed by atoms with Crippen LogP contribution in [0, 0.1) is 0 Å². The standard InChI is InChI=1S/C13H19N3O2/c1-2-4-14-11-3-5-15-12(10-11)13(17)16-6-8-18-9-7-16/h3,5,10H,2,4,6-9H2,1H3,(H,14,15). The first-order chi connectivity index (χ1) is 8.81. The van der Waals surface area contributed by atoms with E-state index in [4.69, 9.17) is 4.74 Å². The summed E-state index contributed by atoms with van der Waals surface area (Å²) in [5.41, 5.74) is 1.45. The zero-order chi connectivity index (χ0) is 12.8. The molecule has 0 aromatic carbocycles. The van der Waals surface area contributed by atoms with Crippen molar-refractivity contribution in [1.29, 1.82) is 0 Å². The number of anilines is 1. The van der Waals surface area contributed by atoms with Crippen molar-refractivity contribution in [2.45, 2.75) is 13.3 Å². The summed E-state index contributed by atoms with van der Waals surface area (Å²) >= 11 is 0. The fourth-order valence-corrected chi connectivity index (χ4v) is 1.86. The lowest BCUT2D eigenvalue weighted by Gasteiger charge is -2.26. The highest BCUT2D eigenvalue weighted by Crippen LogP contribution is 2.11. The van der Waals surface area contributed by atoms with Crippen molar-refractivity contribution in [3.63, 3.8) is 0 Å². The number of morpholine rings is 1. The number of aromatic nitrogens is 1. The third-order valence-electron chi connectivity index (χ3n) is 2.86. The molecule has 18 heavy (non-hydrogen) atoms. The number of carbonyl (C=O) groups excluding carboxylic acids is 1. The molecule has 1 aliphatic rings. The molecule has 1 aromatic heterocycles. The Labute approximate surface area is 107 Å². The zero-order valence-corrected chi connectivity index (χ0v) is 10.7. The van der Waals surface area contributed by atoms with Crippen molar-refractivity contribution in [2.24, 2.45) is 0 Å².